The highest BCUT2D eigenvalue weighted by atomic mass is 16.2. The SMILES string of the molecule is O=C(CN1CCCC(Cc2ccn[nH]2)C1)N1CCCC1. The van der Waals surface area contributed by atoms with Crippen LogP contribution in [-0.2, 0) is 11.2 Å². The van der Waals surface area contributed by atoms with Crippen LogP contribution in [0, 0.1) is 5.92 Å². The largest absolute Gasteiger partial charge is 0.342 e. The van der Waals surface area contributed by atoms with Crippen molar-refractivity contribution in [2.45, 2.75) is 32.1 Å². The van der Waals surface area contributed by atoms with Crippen molar-refractivity contribution in [3.63, 3.8) is 0 Å². The van der Waals surface area contributed by atoms with E-state index in [1.165, 1.54) is 31.4 Å². The molecule has 3 rings (SSSR count). The van der Waals surface area contributed by atoms with E-state index in [1.54, 1.807) is 0 Å². The molecule has 0 saturated carbocycles. The quantitative estimate of drug-likeness (QED) is 0.901. The maximum Gasteiger partial charge on any atom is 0.236 e. The third-order valence-electron chi connectivity index (χ3n) is 4.49. The molecule has 20 heavy (non-hydrogen) atoms. The predicted octanol–water partition coefficient (Wildman–Crippen LogP) is 1.29. The minimum absolute atomic E-state index is 0.324. The molecule has 1 atom stereocenters. The molecular weight excluding hydrogens is 252 g/mol. The number of likely N-dealkylation sites (tertiary alicyclic amines) is 2. The average molecular weight is 276 g/mol. The van der Waals surface area contributed by atoms with Crippen LogP contribution >= 0.6 is 0 Å². The molecule has 0 bridgehead atoms. The lowest BCUT2D eigenvalue weighted by Gasteiger charge is -2.33. The summed E-state index contributed by atoms with van der Waals surface area (Å²) in [6, 6.07) is 2.05. The zero-order valence-electron chi connectivity index (χ0n) is 12.1. The Bertz CT molecular complexity index is 425. The average Bonchev–Trinajstić information content (AvgIpc) is 3.12. The smallest absolute Gasteiger partial charge is 0.236 e. The molecule has 1 aromatic heterocycles. The van der Waals surface area contributed by atoms with Crippen molar-refractivity contribution in [1.82, 2.24) is 20.0 Å². The van der Waals surface area contributed by atoms with Gasteiger partial charge in [-0.05, 0) is 50.6 Å². The van der Waals surface area contributed by atoms with E-state index in [2.05, 4.69) is 15.1 Å². The van der Waals surface area contributed by atoms with Crippen molar-refractivity contribution >= 4 is 5.91 Å². The molecular formula is C15H24N4O. The zero-order valence-corrected chi connectivity index (χ0v) is 12.1. The number of carbonyl (C=O) groups excluding carboxylic acids is 1. The molecule has 0 aromatic carbocycles. The first kappa shape index (κ1) is 13.6. The van der Waals surface area contributed by atoms with Crippen molar-refractivity contribution in [1.29, 1.82) is 0 Å². The summed E-state index contributed by atoms with van der Waals surface area (Å²) < 4.78 is 0. The van der Waals surface area contributed by atoms with Gasteiger partial charge in [0.25, 0.3) is 0 Å². The highest BCUT2D eigenvalue weighted by Gasteiger charge is 2.25. The molecule has 1 unspecified atom stereocenters. The summed E-state index contributed by atoms with van der Waals surface area (Å²) in [5.74, 6) is 0.972. The fraction of sp³-hybridized carbons (Fsp3) is 0.733. The third kappa shape index (κ3) is 3.39. The van der Waals surface area contributed by atoms with Crippen LogP contribution in [0.1, 0.15) is 31.4 Å². The van der Waals surface area contributed by atoms with Crippen LogP contribution < -0.4 is 0 Å². The van der Waals surface area contributed by atoms with Gasteiger partial charge in [-0.15, -0.1) is 0 Å². The summed E-state index contributed by atoms with van der Waals surface area (Å²) in [5, 5.41) is 7.05. The molecule has 3 heterocycles. The topological polar surface area (TPSA) is 52.2 Å². The van der Waals surface area contributed by atoms with Gasteiger partial charge in [0.1, 0.15) is 0 Å². The molecule has 5 nitrogen and oxygen atoms in total. The van der Waals surface area contributed by atoms with E-state index in [-0.39, 0.29) is 0 Å². The Labute approximate surface area is 120 Å². The van der Waals surface area contributed by atoms with Crippen molar-refractivity contribution in [2.75, 3.05) is 32.7 Å². The summed E-state index contributed by atoms with van der Waals surface area (Å²) in [6.07, 6.45) is 7.67. The number of hydrogen-bond acceptors (Lipinski definition) is 3. The van der Waals surface area contributed by atoms with Gasteiger partial charge in [0.2, 0.25) is 5.91 Å². The summed E-state index contributed by atoms with van der Waals surface area (Å²) in [4.78, 5) is 16.6. The summed E-state index contributed by atoms with van der Waals surface area (Å²) in [5.41, 5.74) is 1.21. The summed E-state index contributed by atoms with van der Waals surface area (Å²) in [6.45, 7) is 4.64. The second-order valence-corrected chi connectivity index (χ2v) is 6.12. The molecule has 0 spiro atoms. The number of nitrogens with zero attached hydrogens (tertiary/aromatic N) is 3. The van der Waals surface area contributed by atoms with Crippen LogP contribution in [0.2, 0.25) is 0 Å². The second-order valence-electron chi connectivity index (χ2n) is 6.12. The van der Waals surface area contributed by atoms with Crippen LogP contribution in [-0.4, -0.2) is 58.6 Å². The van der Waals surface area contributed by atoms with Gasteiger partial charge in [0.15, 0.2) is 0 Å². The maximum atomic E-state index is 12.2. The number of amides is 1. The first-order valence-electron chi connectivity index (χ1n) is 7.79. The molecule has 2 fully saturated rings. The number of piperidine rings is 1. The summed E-state index contributed by atoms with van der Waals surface area (Å²) >= 11 is 0. The Balaban J connectivity index is 1.48. The maximum absolute atomic E-state index is 12.2. The first-order chi connectivity index (χ1) is 9.81. The van der Waals surface area contributed by atoms with Crippen molar-refractivity contribution < 1.29 is 4.79 Å². The van der Waals surface area contributed by atoms with Crippen LogP contribution in [0.3, 0.4) is 0 Å². The lowest BCUT2D eigenvalue weighted by Crippen LogP contribution is -2.43. The number of nitrogens with one attached hydrogen (secondary N) is 1. The number of hydrogen-bond donors (Lipinski definition) is 1. The van der Waals surface area contributed by atoms with E-state index in [1.807, 2.05) is 17.2 Å². The van der Waals surface area contributed by atoms with E-state index in [0.29, 0.717) is 18.4 Å². The molecule has 1 aromatic rings. The molecule has 0 aliphatic carbocycles. The molecule has 1 amide bonds. The van der Waals surface area contributed by atoms with Gasteiger partial charge in [-0.2, -0.15) is 5.10 Å². The number of rotatable bonds is 4. The Hall–Kier alpha value is -1.36. The summed E-state index contributed by atoms with van der Waals surface area (Å²) in [7, 11) is 0. The third-order valence-corrected chi connectivity index (χ3v) is 4.49. The number of H-pyrrole nitrogens is 1. The first-order valence-corrected chi connectivity index (χ1v) is 7.79. The van der Waals surface area contributed by atoms with Gasteiger partial charge < -0.3 is 4.90 Å². The van der Waals surface area contributed by atoms with E-state index in [4.69, 9.17) is 0 Å². The zero-order chi connectivity index (χ0) is 13.8. The molecule has 2 saturated heterocycles. The van der Waals surface area contributed by atoms with E-state index >= 15 is 0 Å². The van der Waals surface area contributed by atoms with E-state index in [9.17, 15) is 4.79 Å². The fourth-order valence-corrected chi connectivity index (χ4v) is 3.43. The number of aromatic amines is 1. The number of carbonyl (C=O) groups is 1. The van der Waals surface area contributed by atoms with Crippen molar-refractivity contribution in [3.8, 4) is 0 Å². The van der Waals surface area contributed by atoms with Crippen LogP contribution in [0.25, 0.3) is 0 Å². The van der Waals surface area contributed by atoms with E-state index in [0.717, 1.165) is 32.6 Å². The monoisotopic (exact) mass is 276 g/mol. The Morgan fingerprint density at radius 3 is 2.90 bits per heavy atom. The van der Waals surface area contributed by atoms with E-state index < -0.39 is 0 Å². The van der Waals surface area contributed by atoms with Gasteiger partial charge >= 0.3 is 0 Å². The minimum Gasteiger partial charge on any atom is -0.342 e. The van der Waals surface area contributed by atoms with Gasteiger partial charge in [-0.1, -0.05) is 0 Å². The Morgan fingerprint density at radius 1 is 1.30 bits per heavy atom. The highest BCUT2D eigenvalue weighted by molar-refractivity contribution is 5.78. The number of aromatic nitrogens is 2. The van der Waals surface area contributed by atoms with Gasteiger partial charge in [-0.3, -0.25) is 14.8 Å². The fourth-order valence-electron chi connectivity index (χ4n) is 3.43. The molecule has 1 N–H and O–H groups in total. The van der Waals surface area contributed by atoms with Crippen LogP contribution in [0.15, 0.2) is 12.3 Å². The lowest BCUT2D eigenvalue weighted by molar-refractivity contribution is -0.131. The lowest BCUT2D eigenvalue weighted by atomic mass is 9.93. The normalized spacial score (nSPS) is 24.2. The van der Waals surface area contributed by atoms with Crippen molar-refractivity contribution in [2.24, 2.45) is 5.92 Å². The molecule has 5 heteroatoms. The molecule has 2 aliphatic heterocycles. The Morgan fingerprint density at radius 2 is 2.15 bits per heavy atom. The molecule has 110 valence electrons. The van der Waals surface area contributed by atoms with Crippen LogP contribution in [0.4, 0.5) is 0 Å². The predicted molar refractivity (Wildman–Crippen MR) is 77.3 cm³/mol. The Kier molecular flexibility index (Phi) is 4.35. The standard InChI is InChI=1S/C15H24N4O/c20-15(19-8-1-2-9-19)12-18-7-3-4-13(11-18)10-14-5-6-16-17-14/h5-6,13H,1-4,7-12H2,(H,16,17). The molecule has 2 aliphatic rings. The van der Waals surface area contributed by atoms with Crippen LogP contribution in [0.5, 0.6) is 0 Å². The molecule has 0 radical (unpaired) electrons. The van der Waals surface area contributed by atoms with Gasteiger partial charge in [-0.25, -0.2) is 0 Å². The minimum atomic E-state index is 0.324. The highest BCUT2D eigenvalue weighted by Crippen LogP contribution is 2.20. The van der Waals surface area contributed by atoms with Crippen molar-refractivity contribution in [3.05, 3.63) is 18.0 Å². The van der Waals surface area contributed by atoms with Gasteiger partial charge in [0, 0.05) is 31.5 Å². The van der Waals surface area contributed by atoms with Gasteiger partial charge in [0.05, 0.1) is 6.54 Å². The second kappa shape index (κ2) is 6.39.